The normalized spacial score (nSPS) is 26.0. The van der Waals surface area contributed by atoms with Crippen molar-refractivity contribution in [1.82, 2.24) is 14.8 Å². The van der Waals surface area contributed by atoms with Crippen molar-refractivity contribution < 1.29 is 18.3 Å². The highest BCUT2D eigenvalue weighted by Crippen LogP contribution is 2.21. The van der Waals surface area contributed by atoms with Crippen molar-refractivity contribution in [3.05, 3.63) is 23.5 Å². The Morgan fingerprint density at radius 2 is 2.05 bits per heavy atom. The molecule has 2 aliphatic rings. The Bertz CT molecular complexity index is 541. The smallest absolute Gasteiger partial charge is 0.319 e. The van der Waals surface area contributed by atoms with Gasteiger partial charge < -0.3 is 10.1 Å². The summed E-state index contributed by atoms with van der Waals surface area (Å²) in [5.74, 6) is -0.465. The fraction of sp³-hybridized carbons (Fsp3) is 0.667. The van der Waals surface area contributed by atoms with Crippen molar-refractivity contribution in [2.24, 2.45) is 0 Å². The second-order valence-corrected chi connectivity index (χ2v) is 5.94. The van der Waals surface area contributed by atoms with Crippen molar-refractivity contribution >= 4 is 5.91 Å². The van der Waals surface area contributed by atoms with Gasteiger partial charge in [-0.2, -0.15) is 8.78 Å². The van der Waals surface area contributed by atoms with Gasteiger partial charge in [-0.3, -0.25) is 14.3 Å². The number of carbonyl (C=O) groups excluding carboxylic acids is 1. The number of halogens is 2. The van der Waals surface area contributed by atoms with Crippen LogP contribution >= 0.6 is 0 Å². The number of hydrogen-bond acceptors (Lipinski definition) is 3. The van der Waals surface area contributed by atoms with Gasteiger partial charge in [-0.1, -0.05) is 0 Å². The van der Waals surface area contributed by atoms with Gasteiger partial charge in [-0.25, -0.2) is 0 Å². The van der Waals surface area contributed by atoms with E-state index in [-0.39, 0.29) is 17.8 Å². The SMILES string of the molecule is Cc1ccc(C(=O)N[C@H]2COC[C@@H]2N2CCCC2)n1C(F)F. The van der Waals surface area contributed by atoms with E-state index in [0.29, 0.717) is 18.9 Å². The Morgan fingerprint density at radius 1 is 1.32 bits per heavy atom. The minimum absolute atomic E-state index is 0.000396. The lowest BCUT2D eigenvalue weighted by molar-refractivity contribution is 0.0610. The maximum Gasteiger partial charge on any atom is 0.319 e. The van der Waals surface area contributed by atoms with Crippen LogP contribution in [0.1, 0.15) is 35.6 Å². The van der Waals surface area contributed by atoms with Gasteiger partial charge in [0.2, 0.25) is 0 Å². The number of aromatic nitrogens is 1. The van der Waals surface area contributed by atoms with Crippen molar-refractivity contribution in [3.63, 3.8) is 0 Å². The number of nitrogens with zero attached hydrogens (tertiary/aromatic N) is 2. The van der Waals surface area contributed by atoms with Gasteiger partial charge in [0.15, 0.2) is 0 Å². The number of aryl methyl sites for hydroxylation is 1. The van der Waals surface area contributed by atoms with E-state index in [9.17, 15) is 13.6 Å². The van der Waals surface area contributed by atoms with Gasteiger partial charge in [0, 0.05) is 5.69 Å². The summed E-state index contributed by atoms with van der Waals surface area (Å²) >= 11 is 0. The van der Waals surface area contributed by atoms with Crippen LogP contribution in [0.2, 0.25) is 0 Å². The Morgan fingerprint density at radius 3 is 2.73 bits per heavy atom. The van der Waals surface area contributed by atoms with Crippen LogP contribution in [-0.4, -0.2) is 53.8 Å². The lowest BCUT2D eigenvalue weighted by Crippen LogP contribution is -2.50. The van der Waals surface area contributed by atoms with Crippen molar-refractivity contribution in [2.75, 3.05) is 26.3 Å². The van der Waals surface area contributed by atoms with Crippen LogP contribution in [0.5, 0.6) is 0 Å². The van der Waals surface area contributed by atoms with E-state index in [4.69, 9.17) is 4.74 Å². The van der Waals surface area contributed by atoms with Gasteiger partial charge in [0.1, 0.15) is 5.69 Å². The average Bonchev–Trinajstić information content (AvgIpc) is 3.16. The molecule has 0 aromatic carbocycles. The summed E-state index contributed by atoms with van der Waals surface area (Å²) in [5, 5.41) is 2.87. The molecule has 1 aromatic rings. The first-order valence-corrected chi connectivity index (χ1v) is 7.66. The predicted molar refractivity (Wildman–Crippen MR) is 77.1 cm³/mol. The van der Waals surface area contributed by atoms with E-state index >= 15 is 0 Å². The number of ether oxygens (including phenoxy) is 1. The number of nitrogens with one attached hydrogen (secondary N) is 1. The predicted octanol–water partition coefficient (Wildman–Crippen LogP) is 1.78. The molecule has 7 heteroatoms. The van der Waals surface area contributed by atoms with Gasteiger partial charge >= 0.3 is 6.55 Å². The van der Waals surface area contributed by atoms with Crippen LogP contribution in [-0.2, 0) is 4.74 Å². The third kappa shape index (κ3) is 2.87. The molecular weight excluding hydrogens is 292 g/mol. The van der Waals surface area contributed by atoms with E-state index in [2.05, 4.69) is 10.2 Å². The standard InChI is InChI=1S/C15H21F2N3O2/c1-10-4-5-12(20(10)15(16)17)14(21)18-11-8-22-9-13(11)19-6-2-3-7-19/h4-5,11,13,15H,2-3,6-9H2,1H3,(H,18,21)/t11-,13-/m0/s1. The van der Waals surface area contributed by atoms with E-state index in [1.807, 2.05) is 0 Å². The molecule has 0 radical (unpaired) electrons. The molecule has 0 aliphatic carbocycles. The molecule has 22 heavy (non-hydrogen) atoms. The molecule has 2 saturated heterocycles. The topological polar surface area (TPSA) is 46.5 Å². The number of carbonyl (C=O) groups is 1. The number of alkyl halides is 2. The molecule has 1 N–H and O–H groups in total. The molecule has 0 unspecified atom stereocenters. The Hall–Kier alpha value is -1.47. The lowest BCUT2D eigenvalue weighted by atomic mass is 10.1. The first-order chi connectivity index (χ1) is 10.6. The summed E-state index contributed by atoms with van der Waals surface area (Å²) in [6.45, 7) is 1.88. The third-order valence-corrected chi connectivity index (χ3v) is 4.53. The molecule has 0 saturated carbocycles. The van der Waals surface area contributed by atoms with Gasteiger partial charge in [0.05, 0.1) is 25.3 Å². The zero-order valence-electron chi connectivity index (χ0n) is 12.6. The highest BCUT2D eigenvalue weighted by molar-refractivity contribution is 5.93. The van der Waals surface area contributed by atoms with Gasteiger partial charge in [-0.05, 0) is 45.0 Å². The zero-order chi connectivity index (χ0) is 15.7. The van der Waals surface area contributed by atoms with E-state index < -0.39 is 12.5 Å². The molecule has 3 rings (SSSR count). The monoisotopic (exact) mass is 313 g/mol. The maximum absolute atomic E-state index is 13.1. The van der Waals surface area contributed by atoms with Crippen LogP contribution in [0, 0.1) is 6.92 Å². The summed E-state index contributed by atoms with van der Waals surface area (Å²) < 4.78 is 32.4. The summed E-state index contributed by atoms with van der Waals surface area (Å²) in [6.07, 6.45) is 2.31. The molecule has 2 atom stereocenters. The van der Waals surface area contributed by atoms with Crippen molar-refractivity contribution in [1.29, 1.82) is 0 Å². The maximum atomic E-state index is 13.1. The number of amides is 1. The van der Waals surface area contributed by atoms with Crippen LogP contribution in [0.4, 0.5) is 8.78 Å². The highest BCUT2D eigenvalue weighted by Gasteiger charge is 2.36. The zero-order valence-corrected chi connectivity index (χ0v) is 12.6. The molecule has 0 spiro atoms. The number of rotatable bonds is 4. The quantitative estimate of drug-likeness (QED) is 0.922. The van der Waals surface area contributed by atoms with Crippen molar-refractivity contribution in [3.8, 4) is 0 Å². The minimum atomic E-state index is -2.72. The fourth-order valence-corrected chi connectivity index (χ4v) is 3.35. The third-order valence-electron chi connectivity index (χ3n) is 4.53. The van der Waals surface area contributed by atoms with E-state index in [0.717, 1.165) is 30.5 Å². The first-order valence-electron chi connectivity index (χ1n) is 7.66. The molecule has 5 nitrogen and oxygen atoms in total. The van der Waals surface area contributed by atoms with Crippen molar-refractivity contribution in [2.45, 2.75) is 38.4 Å². The summed E-state index contributed by atoms with van der Waals surface area (Å²) in [4.78, 5) is 14.7. The largest absolute Gasteiger partial charge is 0.378 e. The fourth-order valence-electron chi connectivity index (χ4n) is 3.35. The average molecular weight is 313 g/mol. The first kappa shape index (κ1) is 15.4. The summed E-state index contributed by atoms with van der Waals surface area (Å²) in [7, 11) is 0. The van der Waals surface area contributed by atoms with Gasteiger partial charge in [0.25, 0.3) is 5.91 Å². The highest BCUT2D eigenvalue weighted by atomic mass is 19.3. The Balaban J connectivity index is 1.71. The molecule has 2 fully saturated rings. The molecule has 0 bridgehead atoms. The molecule has 3 heterocycles. The second-order valence-electron chi connectivity index (χ2n) is 5.94. The molecule has 2 aliphatic heterocycles. The van der Waals surface area contributed by atoms with E-state index in [1.165, 1.54) is 12.1 Å². The molecule has 1 amide bonds. The molecule has 122 valence electrons. The van der Waals surface area contributed by atoms with Crippen LogP contribution in [0.25, 0.3) is 0 Å². The number of hydrogen-bond donors (Lipinski definition) is 1. The second kappa shape index (κ2) is 6.34. The molecular formula is C15H21F2N3O2. The van der Waals surface area contributed by atoms with Crippen LogP contribution < -0.4 is 5.32 Å². The Labute approximate surface area is 128 Å². The summed E-state index contributed by atoms with van der Waals surface area (Å²) in [5.41, 5.74) is 0.374. The Kier molecular flexibility index (Phi) is 4.44. The lowest BCUT2D eigenvalue weighted by Gasteiger charge is -2.28. The summed E-state index contributed by atoms with van der Waals surface area (Å²) in [6, 6.07) is 2.97. The van der Waals surface area contributed by atoms with Gasteiger partial charge in [-0.15, -0.1) is 0 Å². The van der Waals surface area contributed by atoms with E-state index in [1.54, 1.807) is 6.92 Å². The number of likely N-dealkylation sites (tertiary alicyclic amines) is 1. The van der Waals surface area contributed by atoms with Crippen LogP contribution in [0.3, 0.4) is 0 Å². The van der Waals surface area contributed by atoms with Crippen LogP contribution in [0.15, 0.2) is 12.1 Å². The minimum Gasteiger partial charge on any atom is -0.378 e. The molecule has 1 aromatic heterocycles.